The topological polar surface area (TPSA) is 90.9 Å². The minimum absolute atomic E-state index is 0.169. The molecular weight excluding hydrogens is 323 g/mol. The molecule has 1 unspecified atom stereocenters. The fraction of sp³-hybridized carbons (Fsp3) is 0.353. The van der Waals surface area contributed by atoms with Crippen LogP contribution in [0.25, 0.3) is 22.3 Å². The molecule has 0 radical (unpaired) electrons. The van der Waals surface area contributed by atoms with E-state index >= 15 is 0 Å². The number of anilines is 2. The van der Waals surface area contributed by atoms with E-state index in [0.29, 0.717) is 35.0 Å². The minimum atomic E-state index is -0.301. The Balaban J connectivity index is 1.76. The number of rotatable bonds is 4. The Bertz CT molecular complexity index is 902. The first kappa shape index (κ1) is 15.8. The van der Waals surface area contributed by atoms with E-state index in [1.165, 1.54) is 12.1 Å². The number of ether oxygens (including phenoxy) is 1. The van der Waals surface area contributed by atoms with Crippen molar-refractivity contribution in [3.05, 3.63) is 30.1 Å². The molecule has 0 amide bonds. The van der Waals surface area contributed by atoms with E-state index in [1.807, 2.05) is 0 Å². The van der Waals surface area contributed by atoms with Crippen LogP contribution in [0.5, 0.6) is 0 Å². The summed E-state index contributed by atoms with van der Waals surface area (Å²) >= 11 is 0. The van der Waals surface area contributed by atoms with Gasteiger partial charge in [-0.25, -0.2) is 9.37 Å². The van der Waals surface area contributed by atoms with Gasteiger partial charge in [0, 0.05) is 25.8 Å². The maximum absolute atomic E-state index is 13.3. The number of halogens is 1. The quantitative estimate of drug-likeness (QED) is 0.756. The molecule has 4 rings (SSSR count). The van der Waals surface area contributed by atoms with E-state index in [9.17, 15) is 4.39 Å². The van der Waals surface area contributed by atoms with Crippen molar-refractivity contribution in [2.45, 2.75) is 18.9 Å². The molecule has 1 saturated heterocycles. The minimum Gasteiger partial charge on any atom is -0.383 e. The van der Waals surface area contributed by atoms with Crippen LogP contribution in [0.1, 0.15) is 12.8 Å². The predicted molar refractivity (Wildman–Crippen MR) is 93.6 cm³/mol. The van der Waals surface area contributed by atoms with Gasteiger partial charge in [-0.3, -0.25) is 4.68 Å². The highest BCUT2D eigenvalue weighted by atomic mass is 19.1. The van der Waals surface area contributed by atoms with Crippen LogP contribution in [0.4, 0.5) is 16.2 Å². The maximum atomic E-state index is 13.3. The number of nitrogens with zero attached hydrogens (tertiary/aromatic N) is 4. The molecule has 0 saturated carbocycles. The largest absolute Gasteiger partial charge is 0.383 e. The second kappa shape index (κ2) is 6.29. The van der Waals surface area contributed by atoms with Gasteiger partial charge in [0.15, 0.2) is 5.65 Å². The zero-order chi connectivity index (χ0) is 17.4. The Labute approximate surface area is 144 Å². The second-order valence-electron chi connectivity index (χ2n) is 6.13. The van der Waals surface area contributed by atoms with E-state index in [0.717, 1.165) is 25.0 Å². The fourth-order valence-corrected chi connectivity index (χ4v) is 3.02. The average molecular weight is 342 g/mol. The van der Waals surface area contributed by atoms with Crippen molar-refractivity contribution in [2.75, 3.05) is 24.2 Å². The number of fused-ring (bicyclic) bond motifs is 1. The van der Waals surface area contributed by atoms with E-state index in [1.54, 1.807) is 23.9 Å². The lowest BCUT2D eigenvalue weighted by Gasteiger charge is -2.12. The number of hydrogen-bond donors (Lipinski definition) is 2. The summed E-state index contributed by atoms with van der Waals surface area (Å²) in [5, 5.41) is 8.23. The summed E-state index contributed by atoms with van der Waals surface area (Å²) in [5.41, 5.74) is 8.03. The molecule has 3 heterocycles. The normalized spacial score (nSPS) is 17.3. The van der Waals surface area contributed by atoms with Gasteiger partial charge in [0.05, 0.1) is 17.2 Å². The second-order valence-corrected chi connectivity index (χ2v) is 6.13. The molecule has 8 heteroatoms. The van der Waals surface area contributed by atoms with E-state index in [4.69, 9.17) is 10.5 Å². The maximum Gasteiger partial charge on any atom is 0.225 e. The number of benzene rings is 1. The molecule has 3 aromatic rings. The van der Waals surface area contributed by atoms with Crippen molar-refractivity contribution in [3.8, 4) is 11.3 Å². The summed E-state index contributed by atoms with van der Waals surface area (Å²) in [6, 6.07) is 6.14. The average Bonchev–Trinajstić information content (AvgIpc) is 3.22. The first-order valence-corrected chi connectivity index (χ1v) is 8.23. The van der Waals surface area contributed by atoms with Crippen molar-refractivity contribution in [3.63, 3.8) is 0 Å². The first-order valence-electron chi connectivity index (χ1n) is 8.23. The SMILES string of the molecule is Cn1nc2nc(NCC3CCCO3)nc(-c3ccc(F)cc3)c2c1N. The van der Waals surface area contributed by atoms with Gasteiger partial charge in [0.1, 0.15) is 11.6 Å². The fourth-order valence-electron chi connectivity index (χ4n) is 3.02. The summed E-state index contributed by atoms with van der Waals surface area (Å²) in [7, 11) is 1.75. The third-order valence-electron chi connectivity index (χ3n) is 4.37. The van der Waals surface area contributed by atoms with Crippen LogP contribution in [0.15, 0.2) is 24.3 Å². The van der Waals surface area contributed by atoms with Crippen molar-refractivity contribution in [2.24, 2.45) is 7.05 Å². The molecule has 1 fully saturated rings. The molecule has 1 atom stereocenters. The van der Waals surface area contributed by atoms with Crippen molar-refractivity contribution >= 4 is 22.8 Å². The Morgan fingerprint density at radius 1 is 1.32 bits per heavy atom. The lowest BCUT2D eigenvalue weighted by atomic mass is 10.1. The molecule has 1 aromatic carbocycles. The number of nitrogen functional groups attached to an aromatic ring is 1. The zero-order valence-electron chi connectivity index (χ0n) is 13.9. The van der Waals surface area contributed by atoms with Gasteiger partial charge in [0.25, 0.3) is 0 Å². The Morgan fingerprint density at radius 3 is 2.84 bits per heavy atom. The molecule has 1 aliphatic heterocycles. The van der Waals surface area contributed by atoms with Gasteiger partial charge >= 0.3 is 0 Å². The number of aromatic nitrogens is 4. The predicted octanol–water partition coefficient (Wildman–Crippen LogP) is 2.34. The van der Waals surface area contributed by atoms with Crippen LogP contribution in [-0.4, -0.2) is 39.0 Å². The number of aryl methyl sites for hydroxylation is 1. The van der Waals surface area contributed by atoms with Gasteiger partial charge in [-0.1, -0.05) is 0 Å². The highest BCUT2D eigenvalue weighted by Crippen LogP contribution is 2.31. The molecular formula is C17H19FN6O. The van der Waals surface area contributed by atoms with Gasteiger partial charge in [0.2, 0.25) is 5.95 Å². The smallest absolute Gasteiger partial charge is 0.225 e. The van der Waals surface area contributed by atoms with Crippen molar-refractivity contribution in [1.29, 1.82) is 0 Å². The molecule has 0 bridgehead atoms. The van der Waals surface area contributed by atoms with E-state index in [-0.39, 0.29) is 11.9 Å². The van der Waals surface area contributed by atoms with Gasteiger partial charge in [-0.05, 0) is 37.1 Å². The molecule has 130 valence electrons. The highest BCUT2D eigenvalue weighted by Gasteiger charge is 2.19. The lowest BCUT2D eigenvalue weighted by molar-refractivity contribution is 0.120. The standard InChI is InChI=1S/C17H19FN6O/c1-24-15(19)13-14(10-4-6-11(18)7-5-10)21-17(22-16(13)23-24)20-9-12-3-2-8-25-12/h4-7,12H,2-3,8-9,19H2,1H3,(H,20,22,23). The molecule has 0 aliphatic carbocycles. The van der Waals surface area contributed by atoms with Crippen LogP contribution < -0.4 is 11.1 Å². The molecule has 2 aromatic heterocycles. The number of nitrogens with one attached hydrogen (secondary N) is 1. The van der Waals surface area contributed by atoms with Crippen molar-refractivity contribution < 1.29 is 9.13 Å². The van der Waals surface area contributed by atoms with Gasteiger partial charge in [-0.15, -0.1) is 0 Å². The number of nitrogens with two attached hydrogens (primary N) is 1. The molecule has 1 aliphatic rings. The van der Waals surface area contributed by atoms with Crippen LogP contribution in [0, 0.1) is 5.82 Å². The Morgan fingerprint density at radius 2 is 2.12 bits per heavy atom. The van der Waals surface area contributed by atoms with Gasteiger partial charge in [-0.2, -0.15) is 10.1 Å². The van der Waals surface area contributed by atoms with E-state index in [2.05, 4.69) is 20.4 Å². The van der Waals surface area contributed by atoms with Crippen LogP contribution in [0.3, 0.4) is 0 Å². The van der Waals surface area contributed by atoms with Crippen LogP contribution >= 0.6 is 0 Å². The van der Waals surface area contributed by atoms with Crippen LogP contribution in [-0.2, 0) is 11.8 Å². The zero-order valence-corrected chi connectivity index (χ0v) is 13.9. The molecule has 3 N–H and O–H groups in total. The third kappa shape index (κ3) is 3.00. The summed E-state index contributed by atoms with van der Waals surface area (Å²) in [6.45, 7) is 1.43. The summed E-state index contributed by atoms with van der Waals surface area (Å²) in [6.07, 6.45) is 2.27. The van der Waals surface area contributed by atoms with Crippen LogP contribution in [0.2, 0.25) is 0 Å². The Kier molecular flexibility index (Phi) is 3.96. The van der Waals surface area contributed by atoms with Crippen molar-refractivity contribution in [1.82, 2.24) is 19.7 Å². The van der Waals surface area contributed by atoms with E-state index < -0.39 is 0 Å². The molecule has 25 heavy (non-hydrogen) atoms. The number of hydrogen-bond acceptors (Lipinski definition) is 6. The third-order valence-corrected chi connectivity index (χ3v) is 4.37. The lowest BCUT2D eigenvalue weighted by Crippen LogP contribution is -2.19. The highest BCUT2D eigenvalue weighted by molar-refractivity contribution is 5.98. The summed E-state index contributed by atoms with van der Waals surface area (Å²) in [4.78, 5) is 9.06. The molecule has 7 nitrogen and oxygen atoms in total. The first-order chi connectivity index (χ1) is 12.1. The summed E-state index contributed by atoms with van der Waals surface area (Å²) < 4.78 is 20.5. The summed E-state index contributed by atoms with van der Waals surface area (Å²) in [5.74, 6) is 0.630. The monoisotopic (exact) mass is 342 g/mol. The molecule has 0 spiro atoms. The Hall–Kier alpha value is -2.74. The van der Waals surface area contributed by atoms with Gasteiger partial charge < -0.3 is 15.8 Å².